The third-order valence-electron chi connectivity index (χ3n) is 4.16. The molecule has 104 valence electrons. The first-order valence-electron chi connectivity index (χ1n) is 6.59. The second kappa shape index (κ2) is 4.77. The minimum absolute atomic E-state index is 0.0630. The summed E-state index contributed by atoms with van der Waals surface area (Å²) in [7, 11) is -4.10. The fraction of sp³-hybridized carbons (Fsp3) is 0.538. The van der Waals surface area contributed by atoms with Gasteiger partial charge in [-0.25, -0.2) is 0 Å². The highest BCUT2D eigenvalue weighted by Crippen LogP contribution is 2.29. The number of rotatable bonds is 3. The molecule has 0 saturated carbocycles. The molecule has 0 aromatic heterocycles. The first kappa shape index (κ1) is 12.9. The summed E-state index contributed by atoms with van der Waals surface area (Å²) in [6.07, 6.45) is 2.47. The molecule has 0 spiro atoms. The van der Waals surface area contributed by atoms with E-state index in [9.17, 15) is 8.42 Å². The standard InChI is InChI=1S/C13H18N2O3S/c16-19(17,18)12-3-1-11(2-4-12)14-13-9-15-7-5-10(13)6-8-15/h1-4,10,13-14H,5-9H2,(H,16,17,18). The van der Waals surface area contributed by atoms with Gasteiger partial charge in [-0.3, -0.25) is 4.55 Å². The van der Waals surface area contributed by atoms with E-state index < -0.39 is 10.1 Å². The van der Waals surface area contributed by atoms with Gasteiger partial charge in [0.15, 0.2) is 0 Å². The lowest BCUT2D eigenvalue weighted by Gasteiger charge is -2.45. The summed E-state index contributed by atoms with van der Waals surface area (Å²) < 4.78 is 30.9. The molecule has 3 aliphatic heterocycles. The van der Waals surface area contributed by atoms with Crippen molar-refractivity contribution in [3.8, 4) is 0 Å². The fourth-order valence-corrected chi connectivity index (χ4v) is 3.55. The minimum Gasteiger partial charge on any atom is -0.381 e. The number of fused-ring (bicyclic) bond motifs is 3. The van der Waals surface area contributed by atoms with E-state index in [4.69, 9.17) is 4.55 Å². The van der Waals surface area contributed by atoms with Crippen LogP contribution in [-0.4, -0.2) is 43.5 Å². The van der Waals surface area contributed by atoms with Crippen molar-refractivity contribution in [1.29, 1.82) is 0 Å². The highest BCUT2D eigenvalue weighted by molar-refractivity contribution is 7.85. The van der Waals surface area contributed by atoms with E-state index in [1.807, 2.05) is 0 Å². The molecule has 0 amide bonds. The Hall–Kier alpha value is -1.11. The predicted molar refractivity (Wildman–Crippen MR) is 72.8 cm³/mol. The average Bonchev–Trinajstić information content (AvgIpc) is 2.40. The SMILES string of the molecule is O=S(=O)(O)c1ccc(NC2CN3CCC2CC3)cc1. The zero-order valence-corrected chi connectivity index (χ0v) is 11.4. The first-order chi connectivity index (χ1) is 9.02. The maximum absolute atomic E-state index is 11.0. The second-order valence-corrected chi connectivity index (χ2v) is 6.81. The van der Waals surface area contributed by atoms with Gasteiger partial charge >= 0.3 is 0 Å². The van der Waals surface area contributed by atoms with Crippen LogP contribution in [0.4, 0.5) is 5.69 Å². The number of piperidine rings is 3. The van der Waals surface area contributed by atoms with Crippen molar-refractivity contribution in [1.82, 2.24) is 4.90 Å². The van der Waals surface area contributed by atoms with Crippen LogP contribution in [0.3, 0.4) is 0 Å². The Morgan fingerprint density at radius 1 is 1.16 bits per heavy atom. The minimum atomic E-state index is -4.10. The van der Waals surface area contributed by atoms with Crippen LogP contribution in [0.1, 0.15) is 12.8 Å². The van der Waals surface area contributed by atoms with Crippen molar-refractivity contribution in [2.24, 2.45) is 5.92 Å². The normalized spacial score (nSPS) is 30.3. The van der Waals surface area contributed by atoms with Gasteiger partial charge in [0, 0.05) is 18.3 Å². The van der Waals surface area contributed by atoms with Crippen molar-refractivity contribution in [2.75, 3.05) is 25.0 Å². The summed E-state index contributed by atoms with van der Waals surface area (Å²) in [6.45, 7) is 3.46. The van der Waals surface area contributed by atoms with Gasteiger partial charge in [0.05, 0.1) is 4.90 Å². The summed E-state index contributed by atoms with van der Waals surface area (Å²) in [4.78, 5) is 2.40. The van der Waals surface area contributed by atoms with Gasteiger partial charge in [0.1, 0.15) is 0 Å². The van der Waals surface area contributed by atoms with Crippen LogP contribution in [0.2, 0.25) is 0 Å². The zero-order valence-electron chi connectivity index (χ0n) is 10.6. The summed E-state index contributed by atoms with van der Waals surface area (Å²) >= 11 is 0. The molecule has 0 aliphatic carbocycles. The lowest BCUT2D eigenvalue weighted by molar-refractivity contribution is 0.0975. The molecular weight excluding hydrogens is 264 g/mol. The molecule has 1 aromatic carbocycles. The fourth-order valence-electron chi connectivity index (χ4n) is 3.07. The highest BCUT2D eigenvalue weighted by atomic mass is 32.2. The average molecular weight is 282 g/mol. The van der Waals surface area contributed by atoms with Crippen LogP contribution in [-0.2, 0) is 10.1 Å². The molecule has 1 unspecified atom stereocenters. The molecule has 3 heterocycles. The van der Waals surface area contributed by atoms with E-state index in [1.54, 1.807) is 12.1 Å². The monoisotopic (exact) mass is 282 g/mol. The van der Waals surface area contributed by atoms with E-state index in [0.717, 1.165) is 12.2 Å². The van der Waals surface area contributed by atoms with Crippen LogP contribution in [0, 0.1) is 5.92 Å². The topological polar surface area (TPSA) is 69.6 Å². The van der Waals surface area contributed by atoms with E-state index in [-0.39, 0.29) is 4.90 Å². The van der Waals surface area contributed by atoms with Gasteiger partial charge in [0.2, 0.25) is 0 Å². The molecule has 3 aliphatic rings. The molecule has 4 rings (SSSR count). The van der Waals surface area contributed by atoms with Gasteiger partial charge in [-0.1, -0.05) is 0 Å². The Balaban J connectivity index is 1.70. The molecule has 2 N–H and O–H groups in total. The van der Waals surface area contributed by atoms with Gasteiger partial charge < -0.3 is 10.2 Å². The largest absolute Gasteiger partial charge is 0.381 e. The van der Waals surface area contributed by atoms with E-state index in [2.05, 4.69) is 10.2 Å². The zero-order chi connectivity index (χ0) is 13.5. The smallest absolute Gasteiger partial charge is 0.294 e. The maximum Gasteiger partial charge on any atom is 0.294 e. The van der Waals surface area contributed by atoms with Crippen molar-refractivity contribution >= 4 is 15.8 Å². The van der Waals surface area contributed by atoms with E-state index in [1.165, 1.54) is 38.1 Å². The van der Waals surface area contributed by atoms with Gasteiger partial charge in [0.25, 0.3) is 10.1 Å². The van der Waals surface area contributed by atoms with Crippen LogP contribution in [0.5, 0.6) is 0 Å². The van der Waals surface area contributed by atoms with E-state index in [0.29, 0.717) is 12.0 Å². The number of anilines is 1. The molecule has 3 fully saturated rings. The number of hydrogen-bond donors (Lipinski definition) is 2. The summed E-state index contributed by atoms with van der Waals surface area (Å²) in [5.41, 5.74) is 0.908. The number of benzene rings is 1. The first-order valence-corrected chi connectivity index (χ1v) is 8.03. The van der Waals surface area contributed by atoms with Gasteiger partial charge in [-0.05, 0) is 56.1 Å². The van der Waals surface area contributed by atoms with Gasteiger partial charge in [-0.15, -0.1) is 0 Å². The molecular formula is C13H18N2O3S. The lowest BCUT2D eigenvalue weighted by atomic mass is 9.84. The molecule has 19 heavy (non-hydrogen) atoms. The molecule has 2 bridgehead atoms. The highest BCUT2D eigenvalue weighted by Gasteiger charge is 2.33. The number of hydrogen-bond acceptors (Lipinski definition) is 4. The Morgan fingerprint density at radius 3 is 2.26 bits per heavy atom. The predicted octanol–water partition coefficient (Wildman–Crippen LogP) is 1.44. The van der Waals surface area contributed by atoms with Crippen LogP contribution in [0.15, 0.2) is 29.2 Å². The third kappa shape index (κ3) is 2.75. The van der Waals surface area contributed by atoms with Crippen molar-refractivity contribution in [2.45, 2.75) is 23.8 Å². The Kier molecular flexibility index (Phi) is 3.24. The van der Waals surface area contributed by atoms with Gasteiger partial charge in [-0.2, -0.15) is 8.42 Å². The molecule has 1 atom stereocenters. The summed E-state index contributed by atoms with van der Waals surface area (Å²) in [5, 5.41) is 3.47. The molecule has 3 saturated heterocycles. The molecule has 1 aromatic rings. The van der Waals surface area contributed by atoms with Crippen molar-refractivity contribution in [3.63, 3.8) is 0 Å². The quantitative estimate of drug-likeness (QED) is 0.821. The van der Waals surface area contributed by atoms with Crippen molar-refractivity contribution < 1.29 is 13.0 Å². The Labute approximate surface area is 113 Å². The number of nitrogens with one attached hydrogen (secondary N) is 1. The van der Waals surface area contributed by atoms with Crippen molar-refractivity contribution in [3.05, 3.63) is 24.3 Å². The lowest BCUT2D eigenvalue weighted by Crippen LogP contribution is -2.53. The number of nitrogens with zero attached hydrogens (tertiary/aromatic N) is 1. The Bertz CT molecular complexity index is 548. The second-order valence-electron chi connectivity index (χ2n) is 5.39. The van der Waals surface area contributed by atoms with E-state index >= 15 is 0 Å². The van der Waals surface area contributed by atoms with Crippen LogP contribution in [0.25, 0.3) is 0 Å². The molecule has 6 heteroatoms. The molecule has 5 nitrogen and oxygen atoms in total. The van der Waals surface area contributed by atoms with Crippen LogP contribution < -0.4 is 5.32 Å². The third-order valence-corrected chi connectivity index (χ3v) is 5.03. The maximum atomic E-state index is 11.0. The van der Waals surface area contributed by atoms with Crippen LogP contribution >= 0.6 is 0 Å². The summed E-state index contributed by atoms with van der Waals surface area (Å²) in [5.74, 6) is 0.714. The molecule has 0 radical (unpaired) electrons. The summed E-state index contributed by atoms with van der Waals surface area (Å²) in [6, 6.07) is 6.72. The Morgan fingerprint density at radius 2 is 1.79 bits per heavy atom.